The van der Waals surface area contributed by atoms with E-state index in [0.29, 0.717) is 0 Å². The number of hydrogen-bond donors (Lipinski definition) is 2. The van der Waals surface area contributed by atoms with Gasteiger partial charge in [-0.2, -0.15) is 0 Å². The Balaban J connectivity index is 3.79. The average molecular weight is 145 g/mol. The van der Waals surface area contributed by atoms with Crippen molar-refractivity contribution in [3.63, 3.8) is 0 Å². The molecule has 0 aromatic rings. The lowest BCUT2D eigenvalue weighted by atomic mass is 10.3. The highest BCUT2D eigenvalue weighted by Gasteiger charge is 2.12. The van der Waals surface area contributed by atoms with E-state index in [4.69, 9.17) is 5.11 Å². The Bertz CT molecular complexity index is 165. The third kappa shape index (κ3) is 2.81. The van der Waals surface area contributed by atoms with E-state index in [2.05, 4.69) is 0 Å². The number of carboxylic acids is 1. The van der Waals surface area contributed by atoms with Gasteiger partial charge in [0.25, 0.3) is 5.91 Å². The van der Waals surface area contributed by atoms with Gasteiger partial charge < -0.3 is 10.4 Å². The Morgan fingerprint density at radius 3 is 2.40 bits per heavy atom. The molecule has 0 spiro atoms. The summed E-state index contributed by atoms with van der Waals surface area (Å²) in [7, 11) is 0. The number of amides is 1. The molecule has 5 heteroatoms. The van der Waals surface area contributed by atoms with Crippen LogP contribution in [0, 0.1) is 0 Å². The second-order valence-electron chi connectivity index (χ2n) is 1.69. The molecule has 0 heterocycles. The fourth-order valence-electron chi connectivity index (χ4n) is 0.309. The van der Waals surface area contributed by atoms with E-state index in [0.717, 1.165) is 0 Å². The number of carbonyl (C=O) groups excluding carboxylic acids is 2. The van der Waals surface area contributed by atoms with Gasteiger partial charge in [0.2, 0.25) is 6.29 Å². The topological polar surface area (TPSA) is 83.5 Å². The highest BCUT2D eigenvalue weighted by molar-refractivity contribution is 6.24. The normalized spacial score (nSPS) is 11.7. The molecule has 0 saturated carbocycles. The third-order valence-corrected chi connectivity index (χ3v) is 0.836. The molecule has 0 saturated heterocycles. The van der Waals surface area contributed by atoms with E-state index in [-0.39, 0.29) is 6.29 Å². The summed E-state index contributed by atoms with van der Waals surface area (Å²) in [6.45, 7) is 1.27. The van der Waals surface area contributed by atoms with Crippen LogP contribution in [0.25, 0.3) is 0 Å². The number of nitrogens with one attached hydrogen (secondary N) is 1. The highest BCUT2D eigenvalue weighted by Crippen LogP contribution is 1.78. The number of rotatable bonds is 3. The standard InChI is InChI=1S/C5H7NO4/c1-3(5(9)10)6-4(8)2-7/h2-3H,1H3,(H,6,8)(H,9,10)/t3-/m0/s1. The second-order valence-corrected chi connectivity index (χ2v) is 1.69. The first-order valence-corrected chi connectivity index (χ1v) is 2.56. The number of carboxylic acid groups (broad SMARTS) is 1. The molecule has 1 atom stereocenters. The van der Waals surface area contributed by atoms with E-state index in [1.807, 2.05) is 5.32 Å². The maximum Gasteiger partial charge on any atom is 0.325 e. The number of aliphatic carboxylic acids is 1. The molecule has 2 N–H and O–H groups in total. The Kier molecular flexibility index (Phi) is 3.10. The molecule has 0 rings (SSSR count). The molecule has 1 amide bonds. The Morgan fingerprint density at radius 2 is 2.10 bits per heavy atom. The second kappa shape index (κ2) is 3.60. The fraction of sp³-hybridized carbons (Fsp3) is 0.400. The van der Waals surface area contributed by atoms with Crippen LogP contribution < -0.4 is 5.32 Å². The molecule has 0 fully saturated rings. The zero-order chi connectivity index (χ0) is 8.15. The van der Waals surface area contributed by atoms with Gasteiger partial charge in [0.05, 0.1) is 0 Å². The van der Waals surface area contributed by atoms with Crippen molar-refractivity contribution in [2.75, 3.05) is 0 Å². The average Bonchev–Trinajstić information content (AvgIpc) is 1.87. The number of carbonyl (C=O) groups is 3. The van der Waals surface area contributed by atoms with Gasteiger partial charge in [-0.25, -0.2) is 0 Å². The van der Waals surface area contributed by atoms with Crippen LogP contribution in [0.1, 0.15) is 6.92 Å². The third-order valence-electron chi connectivity index (χ3n) is 0.836. The lowest BCUT2D eigenvalue weighted by molar-refractivity contribution is -0.141. The van der Waals surface area contributed by atoms with Crippen molar-refractivity contribution < 1.29 is 19.5 Å². The monoisotopic (exact) mass is 145 g/mol. The van der Waals surface area contributed by atoms with Gasteiger partial charge in [0.1, 0.15) is 6.04 Å². The summed E-state index contributed by atoms with van der Waals surface area (Å²) in [5.41, 5.74) is 0. The van der Waals surface area contributed by atoms with Crippen LogP contribution in [0.4, 0.5) is 0 Å². The van der Waals surface area contributed by atoms with Crippen LogP contribution >= 0.6 is 0 Å². The van der Waals surface area contributed by atoms with Crippen molar-refractivity contribution in [3.05, 3.63) is 0 Å². The molecule has 0 unspecified atom stereocenters. The zero-order valence-electron chi connectivity index (χ0n) is 5.33. The molecule has 0 aliphatic carbocycles. The summed E-state index contributed by atoms with van der Waals surface area (Å²) in [5.74, 6) is -2.09. The van der Waals surface area contributed by atoms with E-state index < -0.39 is 17.9 Å². The van der Waals surface area contributed by atoms with Crippen molar-refractivity contribution in [1.29, 1.82) is 0 Å². The molecular formula is C5H7NO4. The van der Waals surface area contributed by atoms with Gasteiger partial charge in [-0.1, -0.05) is 0 Å². The molecule has 0 bridgehead atoms. The van der Waals surface area contributed by atoms with Crippen molar-refractivity contribution in [2.45, 2.75) is 13.0 Å². The molecule has 5 nitrogen and oxygen atoms in total. The Labute approximate surface area is 57.0 Å². The van der Waals surface area contributed by atoms with Gasteiger partial charge in [-0.05, 0) is 6.92 Å². The Morgan fingerprint density at radius 1 is 1.60 bits per heavy atom. The summed E-state index contributed by atoms with van der Waals surface area (Å²) in [6.07, 6.45) is 0.0272. The maximum atomic E-state index is 10.2. The maximum absolute atomic E-state index is 10.2. The van der Waals surface area contributed by atoms with Gasteiger partial charge >= 0.3 is 5.97 Å². The molecule has 0 aliphatic heterocycles. The van der Waals surface area contributed by atoms with Crippen LogP contribution in [0.2, 0.25) is 0 Å². The minimum atomic E-state index is -1.17. The van der Waals surface area contributed by atoms with Crippen LogP contribution in [0.3, 0.4) is 0 Å². The van der Waals surface area contributed by atoms with Crippen molar-refractivity contribution in [1.82, 2.24) is 5.32 Å². The first-order valence-electron chi connectivity index (χ1n) is 2.56. The van der Waals surface area contributed by atoms with Crippen LogP contribution in [0.15, 0.2) is 0 Å². The highest BCUT2D eigenvalue weighted by atomic mass is 16.4. The quantitative estimate of drug-likeness (QED) is 0.385. The van der Waals surface area contributed by atoms with Crippen LogP contribution in [0.5, 0.6) is 0 Å². The minimum absolute atomic E-state index is 0.0272. The van der Waals surface area contributed by atoms with Crippen molar-refractivity contribution in [3.8, 4) is 0 Å². The molecule has 56 valence electrons. The predicted molar refractivity (Wildman–Crippen MR) is 31.3 cm³/mol. The molecular weight excluding hydrogens is 138 g/mol. The fourth-order valence-corrected chi connectivity index (χ4v) is 0.309. The predicted octanol–water partition coefficient (Wildman–Crippen LogP) is -1.23. The summed E-state index contributed by atoms with van der Waals surface area (Å²) >= 11 is 0. The molecule has 0 aliphatic rings. The first-order chi connectivity index (χ1) is 4.57. The molecule has 0 aromatic carbocycles. The summed E-state index contributed by atoms with van der Waals surface area (Å²) in [5, 5.41) is 10.1. The molecule has 10 heavy (non-hydrogen) atoms. The lowest BCUT2D eigenvalue weighted by Crippen LogP contribution is -2.38. The molecule has 0 aromatic heterocycles. The summed E-state index contributed by atoms with van der Waals surface area (Å²) < 4.78 is 0. The summed E-state index contributed by atoms with van der Waals surface area (Å²) in [6, 6.07) is -1.02. The first kappa shape index (κ1) is 8.61. The van der Waals surface area contributed by atoms with Gasteiger partial charge in [-0.15, -0.1) is 0 Å². The van der Waals surface area contributed by atoms with E-state index in [9.17, 15) is 14.4 Å². The largest absolute Gasteiger partial charge is 0.480 e. The van der Waals surface area contributed by atoms with E-state index in [1.54, 1.807) is 0 Å². The van der Waals surface area contributed by atoms with Gasteiger partial charge in [0, 0.05) is 0 Å². The number of hydrogen-bond acceptors (Lipinski definition) is 3. The SMILES string of the molecule is C[C@H](NC(=O)C=O)C(=O)O. The smallest absolute Gasteiger partial charge is 0.325 e. The van der Waals surface area contributed by atoms with Gasteiger partial charge in [0.15, 0.2) is 0 Å². The van der Waals surface area contributed by atoms with Crippen molar-refractivity contribution in [2.24, 2.45) is 0 Å². The van der Waals surface area contributed by atoms with E-state index >= 15 is 0 Å². The summed E-state index contributed by atoms with van der Waals surface area (Å²) in [4.78, 5) is 29.9. The number of aldehydes is 1. The van der Waals surface area contributed by atoms with Gasteiger partial charge in [-0.3, -0.25) is 14.4 Å². The molecule has 0 radical (unpaired) electrons. The van der Waals surface area contributed by atoms with Crippen molar-refractivity contribution >= 4 is 18.2 Å². The lowest BCUT2D eigenvalue weighted by Gasteiger charge is -2.03. The Hall–Kier alpha value is -1.39. The zero-order valence-corrected chi connectivity index (χ0v) is 5.33. The van der Waals surface area contributed by atoms with Crippen LogP contribution in [-0.2, 0) is 14.4 Å². The minimum Gasteiger partial charge on any atom is -0.480 e. The van der Waals surface area contributed by atoms with Crippen LogP contribution in [-0.4, -0.2) is 29.3 Å². The van der Waals surface area contributed by atoms with E-state index in [1.165, 1.54) is 6.92 Å².